The fourth-order valence-electron chi connectivity index (χ4n) is 0.985. The van der Waals surface area contributed by atoms with Crippen LogP contribution in [0.1, 0.15) is 11.7 Å². The standard InChI is InChI=1S/C8H8ClNO3/c9-7-4-2-1-3-6(7)8(11)5-10(12)13/h1-4,8,11H,5H2/t8-/m0/s1. The van der Waals surface area contributed by atoms with Gasteiger partial charge in [-0.05, 0) is 6.07 Å². The molecular weight excluding hydrogens is 194 g/mol. The van der Waals surface area contributed by atoms with Gasteiger partial charge in [0.2, 0.25) is 6.54 Å². The van der Waals surface area contributed by atoms with Crippen molar-refractivity contribution >= 4 is 11.6 Å². The smallest absolute Gasteiger partial charge is 0.233 e. The number of benzene rings is 1. The van der Waals surface area contributed by atoms with Gasteiger partial charge in [0.25, 0.3) is 0 Å². The third-order valence-corrected chi connectivity index (χ3v) is 1.93. The van der Waals surface area contributed by atoms with Crippen molar-refractivity contribution < 1.29 is 10.0 Å². The van der Waals surface area contributed by atoms with Gasteiger partial charge in [0.05, 0.1) is 0 Å². The molecule has 1 rings (SSSR count). The van der Waals surface area contributed by atoms with E-state index in [1.54, 1.807) is 24.3 Å². The summed E-state index contributed by atoms with van der Waals surface area (Å²) in [6.45, 7) is -0.524. The molecule has 0 bridgehead atoms. The van der Waals surface area contributed by atoms with Crippen LogP contribution < -0.4 is 0 Å². The van der Waals surface area contributed by atoms with Gasteiger partial charge in [-0.1, -0.05) is 29.8 Å². The first kappa shape index (κ1) is 9.95. The van der Waals surface area contributed by atoms with Crippen LogP contribution in [0.2, 0.25) is 5.02 Å². The highest BCUT2D eigenvalue weighted by Gasteiger charge is 2.16. The third kappa shape index (κ3) is 2.68. The average Bonchev–Trinajstić information content (AvgIpc) is 2.03. The van der Waals surface area contributed by atoms with E-state index in [2.05, 4.69) is 0 Å². The SMILES string of the molecule is O=[N+]([O-])C[C@H](O)c1ccccc1Cl. The van der Waals surface area contributed by atoms with Crippen LogP contribution in [0.3, 0.4) is 0 Å². The molecule has 0 spiro atoms. The van der Waals surface area contributed by atoms with Gasteiger partial charge in [-0.15, -0.1) is 0 Å². The molecule has 5 heteroatoms. The van der Waals surface area contributed by atoms with E-state index in [9.17, 15) is 15.2 Å². The molecule has 0 saturated heterocycles. The number of halogens is 1. The van der Waals surface area contributed by atoms with Gasteiger partial charge in [0.15, 0.2) is 0 Å². The van der Waals surface area contributed by atoms with Crippen LogP contribution in [0, 0.1) is 10.1 Å². The second kappa shape index (κ2) is 4.20. The van der Waals surface area contributed by atoms with Crippen molar-refractivity contribution in [1.82, 2.24) is 0 Å². The minimum atomic E-state index is -1.14. The molecule has 4 nitrogen and oxygen atoms in total. The van der Waals surface area contributed by atoms with E-state index in [4.69, 9.17) is 11.6 Å². The minimum absolute atomic E-state index is 0.344. The Bertz CT molecular complexity index is 316. The molecule has 0 amide bonds. The van der Waals surface area contributed by atoms with E-state index in [1.165, 1.54) is 0 Å². The number of hydrogen-bond donors (Lipinski definition) is 1. The number of nitrogens with zero attached hydrogens (tertiary/aromatic N) is 1. The molecule has 1 aromatic carbocycles. The average molecular weight is 202 g/mol. The van der Waals surface area contributed by atoms with Gasteiger partial charge in [-0.3, -0.25) is 10.1 Å². The fraction of sp³-hybridized carbons (Fsp3) is 0.250. The zero-order valence-electron chi connectivity index (χ0n) is 6.68. The molecule has 0 unspecified atom stereocenters. The maximum atomic E-state index is 10.1. The normalized spacial score (nSPS) is 12.5. The molecule has 1 atom stereocenters. The predicted octanol–water partition coefficient (Wildman–Crippen LogP) is 1.65. The summed E-state index contributed by atoms with van der Waals surface area (Å²) < 4.78 is 0. The quantitative estimate of drug-likeness (QED) is 0.598. The molecule has 0 saturated carbocycles. The molecule has 0 fully saturated rings. The van der Waals surface area contributed by atoms with Crippen molar-refractivity contribution in [2.75, 3.05) is 6.54 Å². The van der Waals surface area contributed by atoms with E-state index in [0.717, 1.165) is 0 Å². The Morgan fingerprint density at radius 1 is 1.54 bits per heavy atom. The first-order valence-corrected chi connectivity index (χ1v) is 4.03. The summed E-state index contributed by atoms with van der Waals surface area (Å²) in [4.78, 5) is 9.52. The maximum absolute atomic E-state index is 10.1. The van der Waals surface area contributed by atoms with E-state index < -0.39 is 17.6 Å². The van der Waals surface area contributed by atoms with Gasteiger partial charge >= 0.3 is 0 Å². The van der Waals surface area contributed by atoms with Crippen molar-refractivity contribution in [1.29, 1.82) is 0 Å². The monoisotopic (exact) mass is 201 g/mol. The lowest BCUT2D eigenvalue weighted by Gasteiger charge is -2.07. The molecule has 0 aliphatic rings. The second-order valence-corrected chi connectivity index (χ2v) is 2.96. The van der Waals surface area contributed by atoms with Crippen LogP contribution in [0.25, 0.3) is 0 Å². The predicted molar refractivity (Wildman–Crippen MR) is 48.3 cm³/mol. The highest BCUT2D eigenvalue weighted by molar-refractivity contribution is 6.31. The number of aliphatic hydroxyl groups excluding tert-OH is 1. The first-order chi connectivity index (χ1) is 6.11. The summed E-state index contributed by atoms with van der Waals surface area (Å²) in [7, 11) is 0. The molecule has 13 heavy (non-hydrogen) atoms. The molecule has 0 radical (unpaired) electrons. The number of hydrogen-bond acceptors (Lipinski definition) is 3. The van der Waals surface area contributed by atoms with E-state index in [-0.39, 0.29) is 0 Å². The van der Waals surface area contributed by atoms with Gasteiger partial charge < -0.3 is 5.11 Å². The van der Waals surface area contributed by atoms with E-state index in [1.807, 2.05) is 0 Å². The Kier molecular flexibility index (Phi) is 3.22. The Morgan fingerprint density at radius 3 is 2.69 bits per heavy atom. The lowest BCUT2D eigenvalue weighted by Crippen LogP contribution is -2.12. The summed E-state index contributed by atoms with van der Waals surface area (Å²) in [5.74, 6) is 0. The van der Waals surface area contributed by atoms with E-state index >= 15 is 0 Å². The van der Waals surface area contributed by atoms with Crippen LogP contribution in [-0.2, 0) is 0 Å². The minimum Gasteiger partial charge on any atom is -0.381 e. The molecule has 70 valence electrons. The van der Waals surface area contributed by atoms with Crippen molar-refractivity contribution in [3.05, 3.63) is 45.0 Å². The van der Waals surface area contributed by atoms with Gasteiger partial charge in [0.1, 0.15) is 6.10 Å². The molecule has 1 N–H and O–H groups in total. The summed E-state index contributed by atoms with van der Waals surface area (Å²) in [5, 5.41) is 19.8. The van der Waals surface area contributed by atoms with Crippen molar-refractivity contribution in [2.24, 2.45) is 0 Å². The number of nitro groups is 1. The highest BCUT2D eigenvalue weighted by atomic mass is 35.5. The molecule has 0 aromatic heterocycles. The zero-order chi connectivity index (χ0) is 9.84. The van der Waals surface area contributed by atoms with Crippen LogP contribution in [0.15, 0.2) is 24.3 Å². The van der Waals surface area contributed by atoms with Gasteiger partial charge in [-0.25, -0.2) is 0 Å². The van der Waals surface area contributed by atoms with Crippen LogP contribution in [0.4, 0.5) is 0 Å². The Hall–Kier alpha value is -1.13. The lowest BCUT2D eigenvalue weighted by molar-refractivity contribution is -0.491. The van der Waals surface area contributed by atoms with Crippen LogP contribution in [0.5, 0.6) is 0 Å². The fourth-order valence-corrected chi connectivity index (χ4v) is 1.25. The molecule has 0 heterocycles. The Balaban J connectivity index is 2.82. The summed E-state index contributed by atoms with van der Waals surface area (Å²) in [6, 6.07) is 6.52. The van der Waals surface area contributed by atoms with Crippen LogP contribution in [-0.4, -0.2) is 16.6 Å². The summed E-state index contributed by atoms with van der Waals surface area (Å²) in [6.07, 6.45) is -1.14. The first-order valence-electron chi connectivity index (χ1n) is 3.65. The van der Waals surface area contributed by atoms with Gasteiger partial charge in [-0.2, -0.15) is 0 Å². The Labute approximate surface area is 79.9 Å². The van der Waals surface area contributed by atoms with Crippen LogP contribution >= 0.6 is 11.6 Å². The van der Waals surface area contributed by atoms with E-state index in [0.29, 0.717) is 10.6 Å². The molecule has 0 aliphatic heterocycles. The molecule has 1 aromatic rings. The van der Waals surface area contributed by atoms with Crippen molar-refractivity contribution in [3.63, 3.8) is 0 Å². The van der Waals surface area contributed by atoms with Crippen molar-refractivity contribution in [3.8, 4) is 0 Å². The second-order valence-electron chi connectivity index (χ2n) is 2.55. The highest BCUT2D eigenvalue weighted by Crippen LogP contribution is 2.22. The summed E-state index contributed by atoms with van der Waals surface area (Å²) in [5.41, 5.74) is 0.390. The van der Waals surface area contributed by atoms with Crippen molar-refractivity contribution in [2.45, 2.75) is 6.10 Å². The maximum Gasteiger partial charge on any atom is 0.233 e. The number of rotatable bonds is 3. The lowest BCUT2D eigenvalue weighted by atomic mass is 10.1. The number of aliphatic hydroxyl groups is 1. The Morgan fingerprint density at radius 2 is 2.15 bits per heavy atom. The topological polar surface area (TPSA) is 63.4 Å². The summed E-state index contributed by atoms with van der Waals surface area (Å²) >= 11 is 5.72. The molecule has 0 aliphatic carbocycles. The van der Waals surface area contributed by atoms with Gasteiger partial charge in [0, 0.05) is 15.5 Å². The third-order valence-electron chi connectivity index (χ3n) is 1.59. The zero-order valence-corrected chi connectivity index (χ0v) is 7.44. The molecular formula is C8H8ClNO3. The largest absolute Gasteiger partial charge is 0.381 e.